The van der Waals surface area contributed by atoms with E-state index >= 15 is 0 Å². The minimum absolute atomic E-state index is 0.0929. The highest BCUT2D eigenvalue weighted by Crippen LogP contribution is 2.23. The molecular weight excluding hydrogens is 390 g/mol. The van der Waals surface area contributed by atoms with Gasteiger partial charge in [0.2, 0.25) is 5.91 Å². The van der Waals surface area contributed by atoms with Crippen molar-refractivity contribution in [1.82, 2.24) is 15.5 Å². The summed E-state index contributed by atoms with van der Waals surface area (Å²) < 4.78 is 6.09. The van der Waals surface area contributed by atoms with Gasteiger partial charge in [-0.05, 0) is 48.9 Å². The van der Waals surface area contributed by atoms with Crippen LogP contribution in [0.2, 0.25) is 0 Å². The molecule has 0 unspecified atom stereocenters. The largest absolute Gasteiger partial charge is 0.490 e. The predicted molar refractivity (Wildman–Crippen MR) is 122 cm³/mol. The van der Waals surface area contributed by atoms with Gasteiger partial charge in [-0.1, -0.05) is 48.9 Å². The Morgan fingerprint density at radius 3 is 2.48 bits per heavy atom. The summed E-state index contributed by atoms with van der Waals surface area (Å²) in [6.07, 6.45) is 6.55. The SMILES string of the molecule is CN(Cc1ccccc1)C(=O)NCCC(=O)NCc1cccc(OC2CCCCC2)c1. The fourth-order valence-electron chi connectivity index (χ4n) is 3.74. The van der Waals surface area contributed by atoms with E-state index in [1.165, 1.54) is 19.3 Å². The first-order chi connectivity index (χ1) is 15.1. The average Bonchev–Trinajstić information content (AvgIpc) is 2.79. The molecule has 0 radical (unpaired) electrons. The molecule has 0 atom stereocenters. The van der Waals surface area contributed by atoms with E-state index in [2.05, 4.69) is 10.6 Å². The minimum atomic E-state index is -0.191. The second kappa shape index (κ2) is 12.0. The molecule has 0 aliphatic heterocycles. The van der Waals surface area contributed by atoms with Gasteiger partial charge in [-0.15, -0.1) is 0 Å². The Labute approximate surface area is 185 Å². The maximum Gasteiger partial charge on any atom is 0.317 e. The summed E-state index contributed by atoms with van der Waals surface area (Å²) in [5.74, 6) is 0.775. The smallest absolute Gasteiger partial charge is 0.317 e. The van der Waals surface area contributed by atoms with E-state index in [9.17, 15) is 9.59 Å². The van der Waals surface area contributed by atoms with Crippen LogP contribution in [-0.2, 0) is 17.9 Å². The van der Waals surface area contributed by atoms with Gasteiger partial charge >= 0.3 is 6.03 Å². The molecule has 0 spiro atoms. The van der Waals surface area contributed by atoms with Gasteiger partial charge < -0.3 is 20.3 Å². The van der Waals surface area contributed by atoms with Gasteiger partial charge in [-0.25, -0.2) is 4.79 Å². The molecule has 2 aromatic carbocycles. The minimum Gasteiger partial charge on any atom is -0.490 e. The Morgan fingerprint density at radius 2 is 1.71 bits per heavy atom. The Kier molecular flexibility index (Phi) is 8.76. The molecule has 0 heterocycles. The normalized spacial score (nSPS) is 14.0. The monoisotopic (exact) mass is 423 g/mol. The first-order valence-electron chi connectivity index (χ1n) is 11.2. The standard InChI is InChI=1S/C25H33N3O3/c1-28(19-20-9-4-2-5-10-20)25(30)26-16-15-24(29)27-18-21-11-8-14-23(17-21)31-22-12-6-3-7-13-22/h2,4-5,8-11,14,17,22H,3,6-7,12-13,15-16,18-19H2,1H3,(H,26,30)(H,27,29). The maximum absolute atomic E-state index is 12.2. The van der Waals surface area contributed by atoms with E-state index in [-0.39, 0.29) is 18.4 Å². The van der Waals surface area contributed by atoms with Gasteiger partial charge in [0.25, 0.3) is 0 Å². The van der Waals surface area contributed by atoms with Crippen molar-refractivity contribution in [1.29, 1.82) is 0 Å². The van der Waals surface area contributed by atoms with Gasteiger partial charge in [0, 0.05) is 33.1 Å². The van der Waals surface area contributed by atoms with E-state index in [4.69, 9.17) is 4.74 Å². The molecule has 2 aromatic rings. The van der Waals surface area contributed by atoms with Gasteiger partial charge in [0.15, 0.2) is 0 Å². The maximum atomic E-state index is 12.2. The Hall–Kier alpha value is -3.02. The zero-order chi connectivity index (χ0) is 21.9. The second-order valence-electron chi connectivity index (χ2n) is 8.13. The summed E-state index contributed by atoms with van der Waals surface area (Å²) in [6, 6.07) is 17.5. The van der Waals surface area contributed by atoms with Crippen LogP contribution in [-0.4, -0.2) is 36.5 Å². The van der Waals surface area contributed by atoms with Crippen molar-refractivity contribution in [2.75, 3.05) is 13.6 Å². The Morgan fingerprint density at radius 1 is 0.968 bits per heavy atom. The van der Waals surface area contributed by atoms with Crippen molar-refractivity contribution < 1.29 is 14.3 Å². The van der Waals surface area contributed by atoms with Gasteiger partial charge in [-0.3, -0.25) is 4.79 Å². The lowest BCUT2D eigenvalue weighted by Crippen LogP contribution is -2.38. The van der Waals surface area contributed by atoms with E-state index < -0.39 is 0 Å². The van der Waals surface area contributed by atoms with Crippen molar-refractivity contribution in [3.8, 4) is 5.75 Å². The summed E-state index contributed by atoms with van der Waals surface area (Å²) in [6.45, 7) is 1.27. The lowest BCUT2D eigenvalue weighted by molar-refractivity contribution is -0.121. The third-order valence-corrected chi connectivity index (χ3v) is 5.48. The number of urea groups is 1. The van der Waals surface area contributed by atoms with Crippen LogP contribution in [0.1, 0.15) is 49.7 Å². The fraction of sp³-hybridized carbons (Fsp3) is 0.440. The van der Waals surface area contributed by atoms with Crippen LogP contribution < -0.4 is 15.4 Å². The first kappa shape index (κ1) is 22.7. The van der Waals surface area contributed by atoms with Gasteiger partial charge in [0.05, 0.1) is 6.10 Å². The topological polar surface area (TPSA) is 70.7 Å². The second-order valence-corrected chi connectivity index (χ2v) is 8.13. The van der Waals surface area contributed by atoms with Gasteiger partial charge in [-0.2, -0.15) is 0 Å². The number of ether oxygens (including phenoxy) is 1. The number of carbonyl (C=O) groups excluding carboxylic acids is 2. The molecule has 0 bridgehead atoms. The Bertz CT molecular complexity index is 835. The summed E-state index contributed by atoms with van der Waals surface area (Å²) in [5.41, 5.74) is 2.07. The molecule has 166 valence electrons. The number of nitrogens with zero attached hydrogens (tertiary/aromatic N) is 1. The van der Waals surface area contributed by atoms with E-state index in [1.807, 2.05) is 54.6 Å². The van der Waals surface area contributed by atoms with E-state index in [1.54, 1.807) is 11.9 Å². The van der Waals surface area contributed by atoms with Gasteiger partial charge in [0.1, 0.15) is 5.75 Å². The summed E-state index contributed by atoms with van der Waals surface area (Å²) in [4.78, 5) is 25.9. The molecule has 31 heavy (non-hydrogen) atoms. The quantitative estimate of drug-likeness (QED) is 0.634. The van der Waals surface area contributed by atoms with Crippen LogP contribution in [0.15, 0.2) is 54.6 Å². The third-order valence-electron chi connectivity index (χ3n) is 5.48. The van der Waals surface area contributed by atoms with Crippen molar-refractivity contribution in [2.45, 2.75) is 57.7 Å². The van der Waals surface area contributed by atoms with Crippen molar-refractivity contribution >= 4 is 11.9 Å². The van der Waals surface area contributed by atoms with Crippen molar-refractivity contribution in [2.24, 2.45) is 0 Å². The lowest BCUT2D eigenvalue weighted by Gasteiger charge is -2.23. The molecule has 3 rings (SSSR count). The highest BCUT2D eigenvalue weighted by Gasteiger charge is 2.15. The highest BCUT2D eigenvalue weighted by atomic mass is 16.5. The summed E-state index contributed by atoms with van der Waals surface area (Å²) >= 11 is 0. The number of hydrogen-bond donors (Lipinski definition) is 2. The first-order valence-corrected chi connectivity index (χ1v) is 11.2. The number of hydrogen-bond acceptors (Lipinski definition) is 3. The van der Waals surface area contributed by atoms with Crippen LogP contribution in [0, 0.1) is 0 Å². The van der Waals surface area contributed by atoms with Crippen LogP contribution in [0.5, 0.6) is 5.75 Å². The highest BCUT2D eigenvalue weighted by molar-refractivity contribution is 5.78. The fourth-order valence-corrected chi connectivity index (χ4v) is 3.74. The molecule has 3 amide bonds. The molecule has 0 aromatic heterocycles. The van der Waals surface area contributed by atoms with Crippen LogP contribution in [0.3, 0.4) is 0 Å². The molecule has 1 fully saturated rings. The van der Waals surface area contributed by atoms with Crippen molar-refractivity contribution in [3.05, 3.63) is 65.7 Å². The molecule has 6 heteroatoms. The lowest BCUT2D eigenvalue weighted by atomic mass is 9.98. The molecular formula is C25H33N3O3. The average molecular weight is 424 g/mol. The van der Waals surface area contributed by atoms with Crippen LogP contribution >= 0.6 is 0 Å². The number of nitrogens with one attached hydrogen (secondary N) is 2. The summed E-state index contributed by atoms with van der Waals surface area (Å²) in [5, 5.41) is 5.71. The summed E-state index contributed by atoms with van der Waals surface area (Å²) in [7, 11) is 1.74. The number of benzene rings is 2. The molecule has 0 saturated heterocycles. The van der Waals surface area contributed by atoms with Crippen LogP contribution in [0.25, 0.3) is 0 Å². The molecule has 1 aliphatic carbocycles. The van der Waals surface area contributed by atoms with E-state index in [0.29, 0.717) is 25.7 Å². The van der Waals surface area contributed by atoms with Crippen LogP contribution in [0.4, 0.5) is 4.79 Å². The van der Waals surface area contributed by atoms with E-state index in [0.717, 1.165) is 29.7 Å². The zero-order valence-electron chi connectivity index (χ0n) is 18.3. The molecule has 2 N–H and O–H groups in total. The molecule has 1 saturated carbocycles. The molecule has 1 aliphatic rings. The van der Waals surface area contributed by atoms with Crippen molar-refractivity contribution in [3.63, 3.8) is 0 Å². The number of amides is 3. The third kappa shape index (κ3) is 7.96. The number of carbonyl (C=O) groups is 2. The zero-order valence-corrected chi connectivity index (χ0v) is 18.3. The number of rotatable bonds is 9. The Balaban J connectivity index is 1.34. The molecule has 6 nitrogen and oxygen atoms in total. The predicted octanol–water partition coefficient (Wildman–Crippen LogP) is 4.25.